The van der Waals surface area contributed by atoms with E-state index < -0.39 is 29.6 Å². The summed E-state index contributed by atoms with van der Waals surface area (Å²) in [6.45, 7) is 0. The van der Waals surface area contributed by atoms with Gasteiger partial charge in [0.2, 0.25) is 5.91 Å². The first-order valence-corrected chi connectivity index (χ1v) is 10.0. The first-order valence-electron chi connectivity index (χ1n) is 9.15. The SMILES string of the molecule is CN1C(=O)c2ccccc2[C@@H](C(=O)Nc2ccccc2C(F)(F)F)[C@H]1c1cccs1. The van der Waals surface area contributed by atoms with E-state index >= 15 is 0 Å². The highest BCUT2D eigenvalue weighted by Crippen LogP contribution is 2.44. The van der Waals surface area contributed by atoms with E-state index in [1.807, 2.05) is 17.5 Å². The molecule has 0 fully saturated rings. The summed E-state index contributed by atoms with van der Waals surface area (Å²) < 4.78 is 40.2. The van der Waals surface area contributed by atoms with Crippen LogP contribution < -0.4 is 5.32 Å². The van der Waals surface area contributed by atoms with Crippen LogP contribution in [0, 0.1) is 0 Å². The van der Waals surface area contributed by atoms with Crippen LogP contribution in [0.2, 0.25) is 0 Å². The first kappa shape index (κ1) is 20.2. The van der Waals surface area contributed by atoms with Crippen molar-refractivity contribution in [2.45, 2.75) is 18.1 Å². The Morgan fingerprint density at radius 2 is 1.73 bits per heavy atom. The van der Waals surface area contributed by atoms with E-state index in [9.17, 15) is 22.8 Å². The van der Waals surface area contributed by atoms with Crippen molar-refractivity contribution in [1.82, 2.24) is 4.90 Å². The van der Waals surface area contributed by atoms with Gasteiger partial charge in [-0.2, -0.15) is 13.2 Å². The second-order valence-corrected chi connectivity index (χ2v) is 7.95. The number of thiophene rings is 1. The van der Waals surface area contributed by atoms with Crippen LogP contribution in [-0.2, 0) is 11.0 Å². The van der Waals surface area contributed by atoms with E-state index in [4.69, 9.17) is 0 Å². The maximum absolute atomic E-state index is 13.4. The fourth-order valence-corrected chi connectivity index (χ4v) is 4.73. The van der Waals surface area contributed by atoms with Gasteiger partial charge in [0, 0.05) is 17.5 Å². The van der Waals surface area contributed by atoms with Gasteiger partial charge in [-0.05, 0) is 35.2 Å². The molecule has 0 saturated heterocycles. The van der Waals surface area contributed by atoms with Gasteiger partial charge in [-0.1, -0.05) is 36.4 Å². The molecular formula is C22H17F3N2O2S. The number of carbonyl (C=O) groups is 2. The topological polar surface area (TPSA) is 49.4 Å². The fourth-order valence-electron chi connectivity index (χ4n) is 3.82. The molecule has 1 N–H and O–H groups in total. The number of rotatable bonds is 3. The van der Waals surface area contributed by atoms with Crippen molar-refractivity contribution in [1.29, 1.82) is 0 Å². The second-order valence-electron chi connectivity index (χ2n) is 6.97. The number of para-hydroxylation sites is 1. The zero-order chi connectivity index (χ0) is 21.5. The largest absolute Gasteiger partial charge is 0.418 e. The van der Waals surface area contributed by atoms with E-state index in [1.165, 1.54) is 34.4 Å². The van der Waals surface area contributed by atoms with Crippen molar-refractivity contribution in [3.8, 4) is 0 Å². The lowest BCUT2D eigenvalue weighted by Crippen LogP contribution is -2.43. The van der Waals surface area contributed by atoms with E-state index in [1.54, 1.807) is 31.3 Å². The van der Waals surface area contributed by atoms with Crippen molar-refractivity contribution >= 4 is 28.8 Å². The van der Waals surface area contributed by atoms with E-state index in [-0.39, 0.29) is 11.6 Å². The highest BCUT2D eigenvalue weighted by Gasteiger charge is 2.43. The molecule has 1 aliphatic rings. The maximum atomic E-state index is 13.4. The molecule has 4 nitrogen and oxygen atoms in total. The van der Waals surface area contributed by atoms with Crippen LogP contribution in [0.3, 0.4) is 0 Å². The Morgan fingerprint density at radius 1 is 1.03 bits per heavy atom. The predicted molar refractivity (Wildman–Crippen MR) is 108 cm³/mol. The van der Waals surface area contributed by atoms with Gasteiger partial charge in [0.25, 0.3) is 5.91 Å². The number of anilines is 1. The summed E-state index contributed by atoms with van der Waals surface area (Å²) in [5, 5.41) is 4.30. The Kier molecular flexibility index (Phi) is 5.11. The molecule has 30 heavy (non-hydrogen) atoms. The van der Waals surface area contributed by atoms with Gasteiger partial charge < -0.3 is 10.2 Å². The monoisotopic (exact) mass is 430 g/mol. The summed E-state index contributed by atoms with van der Waals surface area (Å²) in [5.41, 5.74) is -0.352. The molecule has 0 radical (unpaired) electrons. The number of hydrogen-bond donors (Lipinski definition) is 1. The minimum Gasteiger partial charge on any atom is -0.333 e. The zero-order valence-electron chi connectivity index (χ0n) is 15.8. The lowest BCUT2D eigenvalue weighted by Gasteiger charge is -2.39. The van der Waals surface area contributed by atoms with E-state index in [2.05, 4.69) is 5.32 Å². The fraction of sp³-hybridized carbons (Fsp3) is 0.182. The van der Waals surface area contributed by atoms with Crippen LogP contribution >= 0.6 is 11.3 Å². The third-order valence-corrected chi connectivity index (χ3v) is 6.13. The molecule has 0 saturated carbocycles. The Morgan fingerprint density at radius 3 is 2.43 bits per heavy atom. The van der Waals surface area contributed by atoms with E-state index in [0.29, 0.717) is 11.1 Å². The summed E-state index contributed by atoms with van der Waals surface area (Å²) in [4.78, 5) is 28.5. The Hall–Kier alpha value is -3.13. The average molecular weight is 430 g/mol. The van der Waals surface area contributed by atoms with Crippen molar-refractivity contribution in [2.24, 2.45) is 0 Å². The van der Waals surface area contributed by atoms with Gasteiger partial charge in [-0.25, -0.2) is 0 Å². The van der Waals surface area contributed by atoms with Gasteiger partial charge in [-0.15, -0.1) is 11.3 Å². The molecule has 2 aromatic carbocycles. The van der Waals surface area contributed by atoms with Crippen LogP contribution in [0.4, 0.5) is 18.9 Å². The van der Waals surface area contributed by atoms with Crippen LogP contribution in [-0.4, -0.2) is 23.8 Å². The molecule has 2 atom stereocenters. The summed E-state index contributed by atoms with van der Waals surface area (Å²) in [5.74, 6) is -1.69. The molecule has 2 heterocycles. The molecule has 0 bridgehead atoms. The average Bonchev–Trinajstić information content (AvgIpc) is 3.24. The summed E-state index contributed by atoms with van der Waals surface area (Å²) >= 11 is 1.39. The lowest BCUT2D eigenvalue weighted by molar-refractivity contribution is -0.137. The summed E-state index contributed by atoms with van der Waals surface area (Å²) in [7, 11) is 1.60. The Labute approximate surface area is 174 Å². The molecule has 1 aromatic heterocycles. The maximum Gasteiger partial charge on any atom is 0.418 e. The van der Waals surface area contributed by atoms with Crippen LogP contribution in [0.25, 0.3) is 0 Å². The molecule has 0 spiro atoms. The Balaban J connectivity index is 1.80. The quantitative estimate of drug-likeness (QED) is 0.612. The first-order chi connectivity index (χ1) is 14.3. The minimum absolute atomic E-state index is 0.233. The van der Waals surface area contributed by atoms with Crippen molar-refractivity contribution < 1.29 is 22.8 Å². The second kappa shape index (κ2) is 7.60. The van der Waals surface area contributed by atoms with Gasteiger partial charge in [0.05, 0.1) is 23.2 Å². The molecule has 1 aliphatic heterocycles. The lowest BCUT2D eigenvalue weighted by atomic mass is 9.81. The third-order valence-electron chi connectivity index (χ3n) is 5.19. The summed E-state index contributed by atoms with van der Waals surface area (Å²) in [6.07, 6.45) is -4.60. The van der Waals surface area contributed by atoms with Crippen LogP contribution in [0.15, 0.2) is 66.0 Å². The molecule has 154 valence electrons. The molecule has 0 aliphatic carbocycles. The number of carbonyl (C=O) groups excluding carboxylic acids is 2. The Bertz CT molecular complexity index is 1100. The smallest absolute Gasteiger partial charge is 0.333 e. The number of nitrogens with zero attached hydrogens (tertiary/aromatic N) is 1. The number of halogens is 3. The number of nitrogens with one attached hydrogen (secondary N) is 1. The number of amides is 2. The number of fused-ring (bicyclic) bond motifs is 1. The van der Waals surface area contributed by atoms with Gasteiger partial charge in [0.1, 0.15) is 0 Å². The summed E-state index contributed by atoms with van der Waals surface area (Å²) in [6, 6.07) is 14.6. The van der Waals surface area contributed by atoms with Crippen LogP contribution in [0.5, 0.6) is 0 Å². The van der Waals surface area contributed by atoms with Crippen molar-refractivity contribution in [3.63, 3.8) is 0 Å². The number of benzene rings is 2. The van der Waals surface area contributed by atoms with Crippen molar-refractivity contribution in [2.75, 3.05) is 12.4 Å². The standard InChI is InChI=1S/C22H17F3N2O2S/c1-27-19(17-11-6-12-30-17)18(13-7-2-3-8-14(13)21(27)29)20(28)26-16-10-5-4-9-15(16)22(23,24)25/h2-12,18-19H,1H3,(H,26,28)/t18-,19-/m1/s1. The molecule has 0 unspecified atom stereocenters. The molecule has 8 heteroatoms. The van der Waals surface area contributed by atoms with Crippen LogP contribution in [0.1, 0.15) is 38.3 Å². The van der Waals surface area contributed by atoms with E-state index in [0.717, 1.165) is 10.9 Å². The normalized spacial score (nSPS) is 18.8. The zero-order valence-corrected chi connectivity index (χ0v) is 16.6. The van der Waals surface area contributed by atoms with Gasteiger partial charge in [-0.3, -0.25) is 9.59 Å². The molecule has 3 aromatic rings. The number of alkyl halides is 3. The molecule has 2 amide bonds. The number of likely N-dealkylation sites (N-methyl/N-ethyl adjacent to an activating group) is 1. The highest BCUT2D eigenvalue weighted by molar-refractivity contribution is 7.10. The third kappa shape index (κ3) is 3.47. The number of hydrogen-bond acceptors (Lipinski definition) is 3. The van der Waals surface area contributed by atoms with Gasteiger partial charge in [0.15, 0.2) is 0 Å². The molecule has 4 rings (SSSR count). The highest BCUT2D eigenvalue weighted by atomic mass is 32.1. The minimum atomic E-state index is -4.60. The van der Waals surface area contributed by atoms with Gasteiger partial charge >= 0.3 is 6.18 Å². The molecular weight excluding hydrogens is 413 g/mol. The predicted octanol–water partition coefficient (Wildman–Crippen LogP) is 5.32. The van der Waals surface area contributed by atoms with Crippen molar-refractivity contribution in [3.05, 3.63) is 87.6 Å².